The molecule has 0 saturated carbocycles. The van der Waals surface area contributed by atoms with Gasteiger partial charge in [-0.2, -0.15) is 0 Å². The van der Waals surface area contributed by atoms with Gasteiger partial charge in [0.1, 0.15) is 0 Å². The van der Waals surface area contributed by atoms with Gasteiger partial charge in [-0.1, -0.05) is 6.92 Å². The fourth-order valence-electron chi connectivity index (χ4n) is 1.00. The molecule has 0 radical (unpaired) electrons. The normalized spacial score (nSPS) is 9.62. The van der Waals surface area contributed by atoms with Crippen molar-refractivity contribution in [1.82, 2.24) is 4.98 Å². The predicted octanol–water partition coefficient (Wildman–Crippen LogP) is 1.00. The number of nitrogens with one attached hydrogen (secondary N) is 1. The van der Waals surface area contributed by atoms with Gasteiger partial charge >= 0.3 is 0 Å². The van der Waals surface area contributed by atoms with Crippen LogP contribution in [0, 0.1) is 0 Å². The van der Waals surface area contributed by atoms with Crippen molar-refractivity contribution in [2.24, 2.45) is 5.73 Å². The molecule has 1 heterocycles. The number of hydrogen-bond acceptors (Lipinski definition) is 3. The molecule has 4 heteroatoms. The molecule has 13 heavy (non-hydrogen) atoms. The molecule has 3 N–H and O–H groups in total. The monoisotopic (exact) mass is 179 g/mol. The first kappa shape index (κ1) is 9.51. The van der Waals surface area contributed by atoms with Crippen LogP contribution in [0.1, 0.15) is 23.8 Å². The highest BCUT2D eigenvalue weighted by Gasteiger charge is 2.07. The lowest BCUT2D eigenvalue weighted by molar-refractivity contribution is 0.0996. The fourth-order valence-corrected chi connectivity index (χ4v) is 1.00. The molecule has 70 valence electrons. The maximum absolute atomic E-state index is 10.9. The molecule has 0 aromatic carbocycles. The van der Waals surface area contributed by atoms with Crippen LogP contribution in [-0.4, -0.2) is 17.4 Å². The molecule has 0 fully saturated rings. The molecule has 0 atom stereocenters. The number of pyridine rings is 1. The first-order valence-electron chi connectivity index (χ1n) is 4.24. The Balaban J connectivity index is 2.84. The number of nitrogens with zero attached hydrogens (tertiary/aromatic N) is 1. The second-order valence-corrected chi connectivity index (χ2v) is 2.69. The van der Waals surface area contributed by atoms with E-state index in [9.17, 15) is 4.79 Å². The molecule has 1 amide bonds. The molecule has 0 aliphatic rings. The van der Waals surface area contributed by atoms with Crippen molar-refractivity contribution in [3.63, 3.8) is 0 Å². The number of primary amides is 1. The van der Waals surface area contributed by atoms with E-state index in [-0.39, 0.29) is 0 Å². The Morgan fingerprint density at radius 3 is 3.08 bits per heavy atom. The minimum absolute atomic E-state index is 0.302. The molecule has 1 aromatic heterocycles. The Bertz CT molecular complexity index is 299. The Morgan fingerprint density at radius 1 is 1.69 bits per heavy atom. The number of hydrogen-bond donors (Lipinski definition) is 2. The van der Waals surface area contributed by atoms with Crippen LogP contribution in [0.15, 0.2) is 18.3 Å². The van der Waals surface area contributed by atoms with Gasteiger partial charge < -0.3 is 11.1 Å². The average molecular weight is 179 g/mol. The van der Waals surface area contributed by atoms with Crippen LogP contribution >= 0.6 is 0 Å². The molecule has 0 aliphatic carbocycles. The molecular weight excluding hydrogens is 166 g/mol. The summed E-state index contributed by atoms with van der Waals surface area (Å²) in [6.07, 6.45) is 2.55. The molecule has 0 saturated heterocycles. The Morgan fingerprint density at radius 2 is 2.46 bits per heavy atom. The summed E-state index contributed by atoms with van der Waals surface area (Å²) in [6.45, 7) is 2.86. The van der Waals surface area contributed by atoms with Gasteiger partial charge in [0.05, 0.1) is 5.69 Å². The lowest BCUT2D eigenvalue weighted by Gasteiger charge is -2.06. The molecule has 0 spiro atoms. The smallest absolute Gasteiger partial charge is 0.269 e. The lowest BCUT2D eigenvalue weighted by Crippen LogP contribution is -2.16. The van der Waals surface area contributed by atoms with Crippen LogP contribution in [0.2, 0.25) is 0 Å². The minimum atomic E-state index is -0.501. The number of aromatic nitrogens is 1. The molecule has 0 aliphatic heterocycles. The minimum Gasteiger partial charge on any atom is -0.383 e. The summed E-state index contributed by atoms with van der Waals surface area (Å²) in [5.41, 5.74) is 6.15. The zero-order valence-corrected chi connectivity index (χ0v) is 7.58. The van der Waals surface area contributed by atoms with E-state index >= 15 is 0 Å². The maximum atomic E-state index is 10.9. The molecule has 1 aromatic rings. The van der Waals surface area contributed by atoms with Crippen LogP contribution in [0.25, 0.3) is 0 Å². The highest BCUT2D eigenvalue weighted by Crippen LogP contribution is 2.10. The van der Waals surface area contributed by atoms with Gasteiger partial charge in [0.15, 0.2) is 5.69 Å². The fraction of sp³-hybridized carbons (Fsp3) is 0.333. The first-order chi connectivity index (χ1) is 6.25. The Labute approximate surface area is 77.2 Å². The van der Waals surface area contributed by atoms with Crippen molar-refractivity contribution in [2.75, 3.05) is 11.9 Å². The summed E-state index contributed by atoms with van der Waals surface area (Å²) >= 11 is 0. The van der Waals surface area contributed by atoms with Crippen molar-refractivity contribution < 1.29 is 4.79 Å². The second kappa shape index (κ2) is 4.45. The van der Waals surface area contributed by atoms with E-state index < -0.39 is 5.91 Å². The molecule has 0 unspecified atom stereocenters. The molecule has 0 bridgehead atoms. The molecule has 4 nitrogen and oxygen atoms in total. The van der Waals surface area contributed by atoms with Crippen molar-refractivity contribution in [3.05, 3.63) is 24.0 Å². The van der Waals surface area contributed by atoms with Gasteiger partial charge in [0, 0.05) is 12.7 Å². The van der Waals surface area contributed by atoms with Gasteiger partial charge in [-0.05, 0) is 18.6 Å². The standard InChI is InChI=1S/C9H13N3O/c1-2-5-11-7-4-3-6-12-8(7)9(10)13/h3-4,6,11H,2,5H2,1H3,(H2,10,13). The third-order valence-corrected chi connectivity index (χ3v) is 1.61. The summed E-state index contributed by atoms with van der Waals surface area (Å²) < 4.78 is 0. The number of carbonyl (C=O) groups is 1. The quantitative estimate of drug-likeness (QED) is 0.724. The number of anilines is 1. The molecular formula is C9H13N3O. The SMILES string of the molecule is CCCNc1cccnc1C(N)=O. The van der Waals surface area contributed by atoms with E-state index in [1.165, 1.54) is 0 Å². The Kier molecular flexibility index (Phi) is 3.25. The average Bonchev–Trinajstić information content (AvgIpc) is 2.15. The van der Waals surface area contributed by atoms with Crippen LogP contribution < -0.4 is 11.1 Å². The van der Waals surface area contributed by atoms with Crippen molar-refractivity contribution in [1.29, 1.82) is 0 Å². The van der Waals surface area contributed by atoms with Gasteiger partial charge in [0.25, 0.3) is 5.91 Å². The van der Waals surface area contributed by atoms with E-state index in [4.69, 9.17) is 5.73 Å². The number of rotatable bonds is 4. The number of nitrogens with two attached hydrogens (primary N) is 1. The highest BCUT2D eigenvalue weighted by molar-refractivity contribution is 5.96. The van der Waals surface area contributed by atoms with Gasteiger partial charge in [0.2, 0.25) is 0 Å². The van der Waals surface area contributed by atoms with E-state index in [1.54, 1.807) is 18.3 Å². The number of carbonyl (C=O) groups excluding carboxylic acids is 1. The number of amides is 1. The van der Waals surface area contributed by atoms with E-state index in [2.05, 4.69) is 10.3 Å². The van der Waals surface area contributed by atoms with Gasteiger partial charge in [-0.3, -0.25) is 4.79 Å². The summed E-state index contributed by atoms with van der Waals surface area (Å²) in [5, 5.41) is 3.08. The zero-order valence-electron chi connectivity index (χ0n) is 7.58. The van der Waals surface area contributed by atoms with Gasteiger partial charge in [-0.25, -0.2) is 4.98 Å². The third kappa shape index (κ3) is 2.43. The summed E-state index contributed by atoms with van der Waals surface area (Å²) in [7, 11) is 0. The van der Waals surface area contributed by atoms with E-state index in [1.807, 2.05) is 6.92 Å². The lowest BCUT2D eigenvalue weighted by atomic mass is 10.3. The Hall–Kier alpha value is -1.58. The summed E-state index contributed by atoms with van der Waals surface area (Å²) in [6, 6.07) is 3.56. The van der Waals surface area contributed by atoms with E-state index in [0.29, 0.717) is 11.4 Å². The maximum Gasteiger partial charge on any atom is 0.269 e. The second-order valence-electron chi connectivity index (χ2n) is 2.69. The van der Waals surface area contributed by atoms with Gasteiger partial charge in [-0.15, -0.1) is 0 Å². The highest BCUT2D eigenvalue weighted by atomic mass is 16.1. The van der Waals surface area contributed by atoms with Crippen molar-refractivity contribution >= 4 is 11.6 Å². The predicted molar refractivity (Wildman–Crippen MR) is 51.5 cm³/mol. The van der Waals surface area contributed by atoms with Crippen molar-refractivity contribution in [2.45, 2.75) is 13.3 Å². The van der Waals surface area contributed by atoms with Crippen LogP contribution in [0.3, 0.4) is 0 Å². The van der Waals surface area contributed by atoms with Crippen molar-refractivity contribution in [3.8, 4) is 0 Å². The summed E-state index contributed by atoms with van der Waals surface area (Å²) in [4.78, 5) is 14.8. The van der Waals surface area contributed by atoms with Crippen LogP contribution in [-0.2, 0) is 0 Å². The largest absolute Gasteiger partial charge is 0.383 e. The first-order valence-corrected chi connectivity index (χ1v) is 4.24. The zero-order chi connectivity index (χ0) is 9.68. The van der Waals surface area contributed by atoms with Crippen LogP contribution in [0.4, 0.5) is 5.69 Å². The van der Waals surface area contributed by atoms with E-state index in [0.717, 1.165) is 13.0 Å². The third-order valence-electron chi connectivity index (χ3n) is 1.61. The molecule has 1 rings (SSSR count). The topological polar surface area (TPSA) is 68.0 Å². The summed E-state index contributed by atoms with van der Waals surface area (Å²) in [5.74, 6) is -0.501. The van der Waals surface area contributed by atoms with Crippen LogP contribution in [0.5, 0.6) is 0 Å².